The predicted octanol–water partition coefficient (Wildman–Crippen LogP) is 5.89. The van der Waals surface area contributed by atoms with Gasteiger partial charge in [-0.05, 0) is 110 Å². The first-order valence-corrected chi connectivity index (χ1v) is 17.2. The Morgan fingerprint density at radius 3 is 2.26 bits per heavy atom. The number of carbonyl (C=O) groups is 1. The Kier molecular flexibility index (Phi) is 9.70. The first kappa shape index (κ1) is 33.9. The molecule has 0 saturated heterocycles. The molecule has 6 bridgehead atoms. The van der Waals surface area contributed by atoms with Crippen LogP contribution < -0.4 is 29.4 Å². The van der Waals surface area contributed by atoms with E-state index in [0.29, 0.717) is 52.2 Å². The number of nitrogens with zero attached hydrogens (tertiary/aromatic N) is 2. The van der Waals surface area contributed by atoms with Gasteiger partial charge < -0.3 is 34.5 Å². The van der Waals surface area contributed by atoms with Gasteiger partial charge in [0.05, 0.1) is 27.2 Å². The van der Waals surface area contributed by atoms with Crippen molar-refractivity contribution in [3.63, 3.8) is 0 Å². The molecule has 10 nitrogen and oxygen atoms in total. The maximum Gasteiger partial charge on any atom is 0.312 e. The largest absolute Gasteiger partial charge is 0.493 e. The molecule has 4 aliphatic rings. The van der Waals surface area contributed by atoms with E-state index in [1.54, 1.807) is 20.3 Å². The lowest BCUT2D eigenvalue weighted by atomic mass is 9.86. The number of carbonyl (C=O) groups excluding carboxylic acids is 1. The molecule has 4 aliphatic heterocycles. The van der Waals surface area contributed by atoms with Crippen molar-refractivity contribution in [2.75, 3.05) is 47.9 Å². The molecule has 8 rings (SSSR count). The zero-order chi connectivity index (χ0) is 34.9. The summed E-state index contributed by atoms with van der Waals surface area (Å²) in [5, 5.41) is 10.5. The number of ether oxygens (including phenoxy) is 5. The molecule has 0 amide bonds. The molecule has 4 aromatic rings. The first-order valence-electron chi connectivity index (χ1n) is 17.2. The second-order valence-electron chi connectivity index (χ2n) is 13.4. The van der Waals surface area contributed by atoms with Crippen LogP contribution in [0.4, 0.5) is 0 Å². The summed E-state index contributed by atoms with van der Waals surface area (Å²) in [6.45, 7) is 1.74. The molecule has 10 heteroatoms. The van der Waals surface area contributed by atoms with Gasteiger partial charge in [-0.15, -0.1) is 0 Å². The highest BCUT2D eigenvalue weighted by Gasteiger charge is 2.34. The van der Waals surface area contributed by atoms with Crippen molar-refractivity contribution in [1.82, 2.24) is 9.80 Å². The second kappa shape index (κ2) is 14.3. The van der Waals surface area contributed by atoms with E-state index >= 15 is 0 Å². The molecular formula is C40H45N3O7. The molecular weight excluding hydrogens is 634 g/mol. The Bertz CT molecular complexity index is 1890. The van der Waals surface area contributed by atoms with Crippen molar-refractivity contribution in [2.24, 2.45) is 5.73 Å². The fourth-order valence-corrected chi connectivity index (χ4v) is 7.56. The Morgan fingerprint density at radius 2 is 1.54 bits per heavy atom. The Balaban J connectivity index is 1.44. The number of nitrogens with two attached hydrogens (primary N) is 1. The summed E-state index contributed by atoms with van der Waals surface area (Å²) in [4.78, 5) is 17.2. The molecule has 50 heavy (non-hydrogen) atoms. The SMILES string of the molecule is COc1cc2c3cc1Oc1c(OC)c(CO)cc4c1[C@@H](Cc1ccc(OC(=O)CCN)c(c1)Oc1ccc(cc1)CC3N(C)CC2)N(C)CC4. The average Bonchev–Trinajstić information content (AvgIpc) is 3.11. The van der Waals surface area contributed by atoms with Gasteiger partial charge in [0.1, 0.15) is 5.75 Å². The third kappa shape index (κ3) is 6.52. The maximum atomic E-state index is 12.5. The van der Waals surface area contributed by atoms with Gasteiger partial charge in [0.2, 0.25) is 0 Å². The molecule has 262 valence electrons. The van der Waals surface area contributed by atoms with Gasteiger partial charge in [-0.3, -0.25) is 14.6 Å². The fraction of sp³-hybridized carbons (Fsp3) is 0.375. The normalized spacial score (nSPS) is 18.6. The van der Waals surface area contributed by atoms with Crippen LogP contribution in [-0.4, -0.2) is 68.8 Å². The van der Waals surface area contributed by atoms with E-state index in [4.69, 9.17) is 29.4 Å². The van der Waals surface area contributed by atoms with Gasteiger partial charge in [0.25, 0.3) is 0 Å². The molecule has 4 aromatic carbocycles. The van der Waals surface area contributed by atoms with Crippen LogP contribution in [0, 0.1) is 0 Å². The van der Waals surface area contributed by atoms with Crippen LogP contribution in [0.1, 0.15) is 57.4 Å². The minimum absolute atomic E-state index is 0.0985. The van der Waals surface area contributed by atoms with Crippen molar-refractivity contribution in [2.45, 2.75) is 50.8 Å². The topological polar surface area (TPSA) is 116 Å². The van der Waals surface area contributed by atoms with E-state index in [1.807, 2.05) is 30.3 Å². The number of hydrogen-bond acceptors (Lipinski definition) is 10. The zero-order valence-corrected chi connectivity index (χ0v) is 29.2. The summed E-state index contributed by atoms with van der Waals surface area (Å²) in [7, 11) is 7.55. The standard InChI is InChI=1S/C40H45N3O7/c1-42-15-12-26-21-34(46-3)36-22-30(26)31(42)17-24-5-8-29(9-6-24)48-35-19-25(7-10-33(35)49-37(45)11-14-41)18-32-38-27(13-16-43(32)2)20-28(23-44)39(47-4)40(38)50-36/h5-10,19-22,31-32,44H,11-18,23,41H2,1-4H3/t31?,32-/m1/s1. The first-order chi connectivity index (χ1) is 24.3. The lowest BCUT2D eigenvalue weighted by molar-refractivity contribution is -0.134. The number of fused-ring (bicyclic) bond motifs is 2. The summed E-state index contributed by atoms with van der Waals surface area (Å²) in [6, 6.07) is 20.1. The van der Waals surface area contributed by atoms with E-state index < -0.39 is 5.97 Å². The third-order valence-electron chi connectivity index (χ3n) is 10.3. The summed E-state index contributed by atoms with van der Waals surface area (Å²) in [6.07, 6.45) is 3.15. The number of esters is 1. The Labute approximate surface area is 293 Å². The molecule has 0 spiro atoms. The van der Waals surface area contributed by atoms with Crippen LogP contribution >= 0.6 is 0 Å². The minimum atomic E-state index is -0.418. The lowest BCUT2D eigenvalue weighted by Crippen LogP contribution is -2.34. The molecule has 3 N–H and O–H groups in total. The summed E-state index contributed by atoms with van der Waals surface area (Å²) in [5.74, 6) is 3.33. The number of methoxy groups -OCH3 is 2. The quantitative estimate of drug-likeness (QED) is 0.189. The second-order valence-corrected chi connectivity index (χ2v) is 13.4. The number of hydrogen-bond donors (Lipinski definition) is 2. The number of likely N-dealkylation sites (N-methyl/N-ethyl adjacent to an activating group) is 2. The van der Waals surface area contributed by atoms with Crippen molar-refractivity contribution in [1.29, 1.82) is 0 Å². The van der Waals surface area contributed by atoms with Gasteiger partial charge in [-0.2, -0.15) is 0 Å². The van der Waals surface area contributed by atoms with Crippen LogP contribution in [0.15, 0.2) is 60.7 Å². The molecule has 0 fully saturated rings. The molecule has 2 atom stereocenters. The van der Waals surface area contributed by atoms with Gasteiger partial charge in [-0.25, -0.2) is 0 Å². The monoisotopic (exact) mass is 679 g/mol. The fourth-order valence-electron chi connectivity index (χ4n) is 7.56. The summed E-state index contributed by atoms with van der Waals surface area (Å²) < 4.78 is 31.1. The lowest BCUT2D eigenvalue weighted by Gasteiger charge is -2.37. The van der Waals surface area contributed by atoms with E-state index in [0.717, 1.165) is 54.6 Å². The zero-order valence-electron chi connectivity index (χ0n) is 29.2. The van der Waals surface area contributed by atoms with E-state index in [-0.39, 0.29) is 31.7 Å². The number of aliphatic hydroxyl groups excluding tert-OH is 1. The van der Waals surface area contributed by atoms with E-state index in [2.05, 4.69) is 48.2 Å². The van der Waals surface area contributed by atoms with Crippen LogP contribution in [0.25, 0.3) is 0 Å². The van der Waals surface area contributed by atoms with E-state index in [1.165, 1.54) is 11.1 Å². The number of aliphatic hydroxyl groups is 1. The van der Waals surface area contributed by atoms with Crippen LogP contribution in [0.3, 0.4) is 0 Å². The summed E-state index contributed by atoms with van der Waals surface area (Å²) in [5.41, 5.74) is 13.0. The highest BCUT2D eigenvalue weighted by atomic mass is 16.6. The molecule has 0 aromatic heterocycles. The number of benzene rings is 4. The molecule has 0 saturated carbocycles. The molecule has 0 aliphatic carbocycles. The van der Waals surface area contributed by atoms with Crippen LogP contribution in [0.5, 0.6) is 40.2 Å². The van der Waals surface area contributed by atoms with Crippen molar-refractivity contribution in [3.05, 3.63) is 99.6 Å². The maximum absolute atomic E-state index is 12.5. The van der Waals surface area contributed by atoms with Gasteiger partial charge in [-0.1, -0.05) is 18.2 Å². The van der Waals surface area contributed by atoms with Crippen molar-refractivity contribution < 1.29 is 33.6 Å². The van der Waals surface area contributed by atoms with Crippen molar-refractivity contribution >= 4 is 5.97 Å². The predicted molar refractivity (Wildman–Crippen MR) is 190 cm³/mol. The Hall–Kier alpha value is -4.61. The van der Waals surface area contributed by atoms with Crippen molar-refractivity contribution in [3.8, 4) is 40.2 Å². The molecule has 1 unspecified atom stereocenters. The third-order valence-corrected chi connectivity index (χ3v) is 10.3. The summed E-state index contributed by atoms with van der Waals surface area (Å²) >= 11 is 0. The van der Waals surface area contributed by atoms with Gasteiger partial charge in [0, 0.05) is 42.8 Å². The number of rotatable bonds is 6. The highest BCUT2D eigenvalue weighted by molar-refractivity contribution is 5.73. The minimum Gasteiger partial charge on any atom is -0.493 e. The highest BCUT2D eigenvalue weighted by Crippen LogP contribution is 2.50. The average molecular weight is 680 g/mol. The molecule has 4 heterocycles. The van der Waals surface area contributed by atoms with Gasteiger partial charge in [0.15, 0.2) is 34.5 Å². The van der Waals surface area contributed by atoms with Crippen LogP contribution in [0.2, 0.25) is 0 Å². The van der Waals surface area contributed by atoms with Crippen LogP contribution in [-0.2, 0) is 37.1 Å². The smallest absolute Gasteiger partial charge is 0.312 e. The van der Waals surface area contributed by atoms with Gasteiger partial charge >= 0.3 is 5.97 Å². The Morgan fingerprint density at radius 1 is 0.840 bits per heavy atom. The molecule has 0 radical (unpaired) electrons. The van der Waals surface area contributed by atoms with E-state index in [9.17, 15) is 9.90 Å².